The third kappa shape index (κ3) is 3.85. The van der Waals surface area contributed by atoms with E-state index in [9.17, 15) is 4.79 Å². The number of nitrogens with zero attached hydrogens (tertiary/aromatic N) is 1. The molecule has 0 saturated heterocycles. The molecule has 7 heteroatoms. The molecule has 0 unspecified atom stereocenters. The largest absolute Gasteiger partial charge is 0.385 e. The van der Waals surface area contributed by atoms with Gasteiger partial charge in [-0.05, 0) is 24.7 Å². The van der Waals surface area contributed by atoms with Gasteiger partial charge in [0.05, 0.1) is 0 Å². The highest BCUT2D eigenvalue weighted by molar-refractivity contribution is 7.19. The van der Waals surface area contributed by atoms with Crippen molar-refractivity contribution in [3.63, 3.8) is 0 Å². The van der Waals surface area contributed by atoms with E-state index in [1.807, 2.05) is 0 Å². The first kappa shape index (κ1) is 16.0. The first-order chi connectivity index (χ1) is 9.56. The summed E-state index contributed by atoms with van der Waals surface area (Å²) in [5.41, 5.74) is 0.374. The number of carbonyl (C=O) groups excluding carboxylic acids is 1. The minimum absolute atomic E-state index is 0.151. The summed E-state index contributed by atoms with van der Waals surface area (Å²) in [5.74, 6) is -0.248. The van der Waals surface area contributed by atoms with Crippen LogP contribution in [0, 0.1) is 5.41 Å². The monoisotopic (exact) mass is 336 g/mol. The molecule has 0 atom stereocenters. The molecule has 1 aromatic rings. The lowest BCUT2D eigenvalue weighted by atomic mass is 9.83. The average molecular weight is 337 g/mol. The van der Waals surface area contributed by atoms with Crippen LogP contribution in [0.5, 0.6) is 0 Å². The maximum atomic E-state index is 12.1. The van der Waals surface area contributed by atoms with Gasteiger partial charge in [0.1, 0.15) is 4.34 Å². The molecule has 1 fully saturated rings. The highest BCUT2D eigenvalue weighted by Crippen LogP contribution is 2.40. The van der Waals surface area contributed by atoms with Crippen LogP contribution in [0.1, 0.15) is 42.6 Å². The molecule has 0 aliphatic heterocycles. The van der Waals surface area contributed by atoms with Crippen LogP contribution in [-0.4, -0.2) is 31.2 Å². The maximum absolute atomic E-state index is 12.1. The summed E-state index contributed by atoms with van der Waals surface area (Å²) in [4.78, 5) is 16.1. The molecule has 2 rings (SSSR count). The molecule has 1 N–H and O–H groups in total. The second-order valence-electron chi connectivity index (χ2n) is 5.22. The summed E-state index contributed by atoms with van der Waals surface area (Å²) >= 11 is 12.8. The molecular formula is C13H18Cl2N2O2S. The number of hydrogen-bond acceptors (Lipinski definition) is 4. The Hall–Kier alpha value is -0.360. The van der Waals surface area contributed by atoms with Crippen molar-refractivity contribution >= 4 is 40.4 Å². The van der Waals surface area contributed by atoms with Gasteiger partial charge < -0.3 is 10.1 Å². The lowest BCUT2D eigenvalue weighted by molar-refractivity contribution is 0.0899. The van der Waals surface area contributed by atoms with Crippen molar-refractivity contribution in [3.8, 4) is 0 Å². The number of hydrogen-bond donors (Lipinski definition) is 1. The van der Waals surface area contributed by atoms with Crippen molar-refractivity contribution in [2.45, 2.75) is 32.1 Å². The fourth-order valence-corrected chi connectivity index (χ4v) is 4.03. The topological polar surface area (TPSA) is 51.2 Å². The van der Waals surface area contributed by atoms with Crippen molar-refractivity contribution in [2.75, 3.05) is 20.3 Å². The Bertz CT molecular complexity index is 473. The summed E-state index contributed by atoms with van der Waals surface area (Å²) < 4.78 is 5.81. The van der Waals surface area contributed by atoms with E-state index in [2.05, 4.69) is 10.3 Å². The first-order valence-corrected chi connectivity index (χ1v) is 8.22. The minimum Gasteiger partial charge on any atom is -0.385 e. The van der Waals surface area contributed by atoms with Gasteiger partial charge in [-0.3, -0.25) is 4.79 Å². The zero-order valence-corrected chi connectivity index (χ0v) is 13.7. The van der Waals surface area contributed by atoms with Crippen molar-refractivity contribution in [1.82, 2.24) is 10.3 Å². The average Bonchev–Trinajstić information content (AvgIpc) is 3.01. The van der Waals surface area contributed by atoms with E-state index in [0.717, 1.165) is 37.2 Å². The number of methoxy groups -OCH3 is 1. The molecule has 0 bridgehead atoms. The fraction of sp³-hybridized carbons (Fsp3) is 0.692. The number of halogens is 2. The second-order valence-corrected chi connectivity index (χ2v) is 7.40. The molecule has 0 aromatic carbocycles. The van der Waals surface area contributed by atoms with Gasteiger partial charge in [0.15, 0.2) is 10.2 Å². The predicted octanol–water partition coefficient (Wildman–Crippen LogP) is 3.78. The third-order valence-electron chi connectivity index (χ3n) is 3.90. The molecule has 1 amide bonds. The quantitative estimate of drug-likeness (QED) is 0.859. The Morgan fingerprint density at radius 2 is 2.15 bits per heavy atom. The van der Waals surface area contributed by atoms with Crippen LogP contribution in [0.4, 0.5) is 0 Å². The molecule has 1 heterocycles. The van der Waals surface area contributed by atoms with E-state index in [0.29, 0.717) is 10.9 Å². The number of carbonyl (C=O) groups is 1. The molecule has 0 spiro atoms. The summed E-state index contributed by atoms with van der Waals surface area (Å²) in [6.45, 7) is 1.36. The molecule has 1 aliphatic rings. The van der Waals surface area contributed by atoms with Gasteiger partial charge in [0.25, 0.3) is 5.91 Å². The van der Waals surface area contributed by atoms with E-state index in [1.165, 1.54) is 12.8 Å². The molecule has 20 heavy (non-hydrogen) atoms. The molecule has 1 aromatic heterocycles. The first-order valence-electron chi connectivity index (χ1n) is 6.65. The summed E-state index contributed by atoms with van der Waals surface area (Å²) in [6, 6.07) is 0. The van der Waals surface area contributed by atoms with Crippen LogP contribution < -0.4 is 5.32 Å². The Balaban J connectivity index is 1.95. The van der Waals surface area contributed by atoms with Crippen molar-refractivity contribution < 1.29 is 9.53 Å². The van der Waals surface area contributed by atoms with E-state index >= 15 is 0 Å². The highest BCUT2D eigenvalue weighted by atomic mass is 35.5. The molecule has 1 saturated carbocycles. The highest BCUT2D eigenvalue weighted by Gasteiger charge is 2.34. The van der Waals surface area contributed by atoms with Gasteiger partial charge in [0.2, 0.25) is 0 Å². The van der Waals surface area contributed by atoms with E-state index in [4.69, 9.17) is 27.9 Å². The van der Waals surface area contributed by atoms with Crippen LogP contribution in [0.15, 0.2) is 0 Å². The van der Waals surface area contributed by atoms with Crippen LogP contribution in [0.3, 0.4) is 0 Å². The Morgan fingerprint density at radius 3 is 2.70 bits per heavy atom. The SMILES string of the molecule is COCCC1(CNC(=O)c2nc(Cl)sc2Cl)CCCC1. The molecule has 112 valence electrons. The Morgan fingerprint density at radius 1 is 1.45 bits per heavy atom. The number of ether oxygens (including phenoxy) is 1. The van der Waals surface area contributed by atoms with Crippen LogP contribution in [0.25, 0.3) is 0 Å². The molecule has 0 radical (unpaired) electrons. The zero-order chi connectivity index (χ0) is 14.6. The summed E-state index contributed by atoms with van der Waals surface area (Å²) in [5, 5.41) is 2.95. The van der Waals surface area contributed by atoms with Crippen LogP contribution >= 0.6 is 34.5 Å². The van der Waals surface area contributed by atoms with Crippen molar-refractivity contribution in [2.24, 2.45) is 5.41 Å². The zero-order valence-electron chi connectivity index (χ0n) is 11.4. The van der Waals surface area contributed by atoms with Gasteiger partial charge in [-0.1, -0.05) is 47.4 Å². The van der Waals surface area contributed by atoms with Gasteiger partial charge in [-0.2, -0.15) is 0 Å². The van der Waals surface area contributed by atoms with E-state index in [1.54, 1.807) is 7.11 Å². The lowest BCUT2D eigenvalue weighted by Gasteiger charge is -2.28. The summed E-state index contributed by atoms with van der Waals surface area (Å²) in [7, 11) is 1.71. The normalized spacial score (nSPS) is 17.4. The number of rotatable bonds is 6. The van der Waals surface area contributed by atoms with Crippen LogP contribution in [-0.2, 0) is 4.74 Å². The lowest BCUT2D eigenvalue weighted by Crippen LogP contribution is -2.37. The van der Waals surface area contributed by atoms with E-state index in [-0.39, 0.29) is 21.5 Å². The number of amides is 1. The minimum atomic E-state index is -0.248. The third-order valence-corrected chi connectivity index (χ3v) is 5.26. The van der Waals surface area contributed by atoms with Crippen molar-refractivity contribution in [1.29, 1.82) is 0 Å². The summed E-state index contributed by atoms with van der Waals surface area (Å²) in [6.07, 6.45) is 5.64. The Labute approximate surface area is 132 Å². The number of thiazole rings is 1. The van der Waals surface area contributed by atoms with E-state index < -0.39 is 0 Å². The molecule has 1 aliphatic carbocycles. The predicted molar refractivity (Wildman–Crippen MR) is 81.9 cm³/mol. The molecule has 4 nitrogen and oxygen atoms in total. The van der Waals surface area contributed by atoms with Crippen molar-refractivity contribution in [3.05, 3.63) is 14.5 Å². The Kier molecular flexibility index (Phi) is 5.66. The standard InChI is InChI=1S/C13H18Cl2N2O2S/c1-19-7-6-13(4-2-3-5-13)8-16-11(18)9-10(14)20-12(15)17-9/h2-8H2,1H3,(H,16,18). The van der Waals surface area contributed by atoms with Crippen LogP contribution in [0.2, 0.25) is 8.80 Å². The van der Waals surface area contributed by atoms with Gasteiger partial charge >= 0.3 is 0 Å². The maximum Gasteiger partial charge on any atom is 0.272 e. The second kappa shape index (κ2) is 7.07. The van der Waals surface area contributed by atoms with Gasteiger partial charge in [-0.15, -0.1) is 0 Å². The number of aromatic nitrogens is 1. The number of nitrogens with one attached hydrogen (secondary N) is 1. The molecular weight excluding hydrogens is 319 g/mol. The smallest absolute Gasteiger partial charge is 0.272 e. The van der Waals surface area contributed by atoms with Gasteiger partial charge in [-0.25, -0.2) is 4.98 Å². The fourth-order valence-electron chi connectivity index (χ4n) is 2.73. The van der Waals surface area contributed by atoms with Gasteiger partial charge in [0, 0.05) is 20.3 Å².